The number of hydrogen-bond donors (Lipinski definition) is 0. The third-order valence-corrected chi connectivity index (χ3v) is 2.59. The number of aromatic nitrogens is 2. The molecule has 98 valence electrons. The number of pyridine rings is 1. The van der Waals surface area contributed by atoms with Crippen LogP contribution in [0.1, 0.15) is 18.2 Å². The quantitative estimate of drug-likeness (QED) is 0.857. The summed E-state index contributed by atoms with van der Waals surface area (Å²) < 4.78 is 46.0. The predicted molar refractivity (Wildman–Crippen MR) is 58.9 cm³/mol. The monoisotopic (exact) mass is 267 g/mol. The van der Waals surface area contributed by atoms with Gasteiger partial charge in [-0.3, -0.25) is 0 Å². The number of alkyl halides is 3. The van der Waals surface area contributed by atoms with Gasteiger partial charge < -0.3 is 4.42 Å². The fraction of sp³-hybridized carbons (Fsp3) is 0.250. The highest BCUT2D eigenvalue weighted by Gasteiger charge is 2.44. The van der Waals surface area contributed by atoms with E-state index < -0.39 is 23.4 Å². The van der Waals surface area contributed by atoms with Gasteiger partial charge >= 0.3 is 5.92 Å². The predicted octanol–water partition coefficient (Wildman–Crippen LogP) is 3.06. The van der Waals surface area contributed by atoms with Crippen LogP contribution in [0, 0.1) is 11.3 Å². The second-order valence-electron chi connectivity index (χ2n) is 3.80. The Bertz CT molecular complexity index is 618. The molecule has 0 fully saturated rings. The van der Waals surface area contributed by atoms with Crippen molar-refractivity contribution >= 4 is 0 Å². The number of oxazole rings is 1. The summed E-state index contributed by atoms with van der Waals surface area (Å²) in [5.41, 5.74) is -1.42. The van der Waals surface area contributed by atoms with Crippen LogP contribution < -0.4 is 0 Å². The molecule has 2 aromatic rings. The zero-order valence-corrected chi connectivity index (χ0v) is 9.77. The highest BCUT2D eigenvalue weighted by atomic mass is 19.3. The lowest BCUT2D eigenvalue weighted by Gasteiger charge is -2.20. The second-order valence-corrected chi connectivity index (χ2v) is 3.80. The zero-order valence-electron chi connectivity index (χ0n) is 9.77. The molecular formula is C12H8F3N3O. The average Bonchev–Trinajstić information content (AvgIpc) is 2.91. The Kier molecular flexibility index (Phi) is 3.25. The Hall–Kier alpha value is -2.36. The maximum absolute atomic E-state index is 14.0. The minimum absolute atomic E-state index is 0.0224. The van der Waals surface area contributed by atoms with Crippen LogP contribution >= 0.6 is 0 Å². The van der Waals surface area contributed by atoms with Crippen molar-refractivity contribution in [2.75, 3.05) is 0 Å². The van der Waals surface area contributed by atoms with E-state index in [2.05, 4.69) is 9.97 Å². The maximum Gasteiger partial charge on any atom is 0.307 e. The molecule has 0 N–H and O–H groups in total. The zero-order chi connectivity index (χ0) is 14.0. The second kappa shape index (κ2) is 4.72. The summed E-state index contributed by atoms with van der Waals surface area (Å²) in [6.07, 6.45) is 0.978. The van der Waals surface area contributed by atoms with E-state index in [0.717, 1.165) is 13.3 Å². The molecule has 0 spiro atoms. The van der Waals surface area contributed by atoms with Gasteiger partial charge in [0.05, 0.1) is 11.8 Å². The normalized spacial score (nSPS) is 13.0. The molecule has 0 aromatic carbocycles. The summed E-state index contributed by atoms with van der Waals surface area (Å²) in [4.78, 5) is 7.16. The molecule has 0 amide bonds. The first-order chi connectivity index (χ1) is 8.98. The van der Waals surface area contributed by atoms with Crippen LogP contribution in [-0.2, 0) is 5.92 Å². The van der Waals surface area contributed by atoms with Crippen molar-refractivity contribution < 1.29 is 17.6 Å². The standard InChI is InChI=1S/C12H8F3N3O/c1-7(13)12(14,15)11-8(10-5-17-6-19-10)2-3-18-9(11)4-16/h2-3,5-7H,1H3. The van der Waals surface area contributed by atoms with E-state index in [9.17, 15) is 13.2 Å². The lowest BCUT2D eigenvalue weighted by atomic mass is 9.96. The summed E-state index contributed by atoms with van der Waals surface area (Å²) in [5.74, 6) is -3.82. The highest BCUT2D eigenvalue weighted by molar-refractivity contribution is 5.65. The van der Waals surface area contributed by atoms with Gasteiger partial charge in [-0.2, -0.15) is 14.0 Å². The number of nitriles is 1. The molecule has 2 rings (SSSR count). The van der Waals surface area contributed by atoms with Gasteiger partial charge in [-0.1, -0.05) is 0 Å². The summed E-state index contributed by atoms with van der Waals surface area (Å²) in [6, 6.07) is 2.77. The van der Waals surface area contributed by atoms with Crippen molar-refractivity contribution in [1.29, 1.82) is 5.26 Å². The third-order valence-electron chi connectivity index (χ3n) is 2.59. The van der Waals surface area contributed by atoms with Gasteiger partial charge in [0.1, 0.15) is 11.8 Å². The van der Waals surface area contributed by atoms with E-state index in [0.29, 0.717) is 0 Å². The van der Waals surface area contributed by atoms with Crippen molar-refractivity contribution in [3.8, 4) is 17.4 Å². The van der Waals surface area contributed by atoms with Crippen LogP contribution in [0.2, 0.25) is 0 Å². The molecule has 0 aliphatic rings. The minimum atomic E-state index is -3.85. The van der Waals surface area contributed by atoms with E-state index in [1.54, 1.807) is 0 Å². The number of hydrogen-bond acceptors (Lipinski definition) is 4. The smallest absolute Gasteiger partial charge is 0.307 e. The fourth-order valence-electron chi connectivity index (χ4n) is 1.64. The number of rotatable bonds is 3. The van der Waals surface area contributed by atoms with Crippen molar-refractivity contribution in [1.82, 2.24) is 9.97 Å². The Morgan fingerprint density at radius 1 is 1.47 bits per heavy atom. The molecule has 0 aliphatic heterocycles. The molecule has 1 unspecified atom stereocenters. The van der Waals surface area contributed by atoms with Crippen molar-refractivity contribution in [2.45, 2.75) is 19.0 Å². The first kappa shape index (κ1) is 13.1. The Morgan fingerprint density at radius 3 is 2.74 bits per heavy atom. The first-order valence-corrected chi connectivity index (χ1v) is 5.28. The molecule has 2 heterocycles. The fourth-order valence-corrected chi connectivity index (χ4v) is 1.64. The molecule has 0 radical (unpaired) electrons. The van der Waals surface area contributed by atoms with E-state index in [1.807, 2.05) is 0 Å². The molecule has 4 nitrogen and oxygen atoms in total. The van der Waals surface area contributed by atoms with Crippen LogP contribution in [0.5, 0.6) is 0 Å². The van der Waals surface area contributed by atoms with Crippen LogP contribution in [-0.4, -0.2) is 16.1 Å². The molecular weight excluding hydrogens is 259 g/mol. The molecule has 7 heteroatoms. The van der Waals surface area contributed by atoms with Crippen LogP contribution in [0.3, 0.4) is 0 Å². The van der Waals surface area contributed by atoms with Gasteiger partial charge in [-0.05, 0) is 13.0 Å². The molecule has 1 atom stereocenters. The number of halogens is 3. The maximum atomic E-state index is 14.0. The molecule has 19 heavy (non-hydrogen) atoms. The lowest BCUT2D eigenvalue weighted by Crippen LogP contribution is -2.27. The molecule has 0 bridgehead atoms. The minimum Gasteiger partial charge on any atom is -0.444 e. The van der Waals surface area contributed by atoms with Crippen molar-refractivity contribution in [3.05, 3.63) is 36.1 Å². The Morgan fingerprint density at radius 2 is 2.21 bits per heavy atom. The third kappa shape index (κ3) is 2.17. The molecule has 0 saturated carbocycles. The van der Waals surface area contributed by atoms with E-state index in [-0.39, 0.29) is 11.3 Å². The topological polar surface area (TPSA) is 62.7 Å². The van der Waals surface area contributed by atoms with Crippen LogP contribution in [0.4, 0.5) is 13.2 Å². The lowest BCUT2D eigenvalue weighted by molar-refractivity contribution is -0.0713. The summed E-state index contributed by atoms with van der Waals surface area (Å²) in [7, 11) is 0. The van der Waals surface area contributed by atoms with Gasteiger partial charge in [0.2, 0.25) is 0 Å². The summed E-state index contributed by atoms with van der Waals surface area (Å²) >= 11 is 0. The number of nitrogens with zero attached hydrogens (tertiary/aromatic N) is 3. The molecule has 0 aliphatic carbocycles. The van der Waals surface area contributed by atoms with Gasteiger partial charge in [-0.15, -0.1) is 0 Å². The van der Waals surface area contributed by atoms with E-state index >= 15 is 0 Å². The van der Waals surface area contributed by atoms with E-state index in [1.165, 1.54) is 24.5 Å². The average molecular weight is 267 g/mol. The van der Waals surface area contributed by atoms with Crippen molar-refractivity contribution in [2.24, 2.45) is 0 Å². The highest BCUT2D eigenvalue weighted by Crippen LogP contribution is 2.40. The van der Waals surface area contributed by atoms with E-state index in [4.69, 9.17) is 9.68 Å². The van der Waals surface area contributed by atoms with Gasteiger partial charge in [-0.25, -0.2) is 14.4 Å². The van der Waals surface area contributed by atoms with Crippen LogP contribution in [0.25, 0.3) is 11.3 Å². The van der Waals surface area contributed by atoms with Gasteiger partial charge in [0, 0.05) is 11.8 Å². The van der Waals surface area contributed by atoms with Crippen molar-refractivity contribution in [3.63, 3.8) is 0 Å². The summed E-state index contributed by atoms with van der Waals surface area (Å²) in [5, 5.41) is 8.87. The Balaban J connectivity index is 2.74. The first-order valence-electron chi connectivity index (χ1n) is 5.28. The summed E-state index contributed by atoms with van der Waals surface area (Å²) in [6.45, 7) is 0.721. The van der Waals surface area contributed by atoms with Gasteiger partial charge in [0.15, 0.2) is 18.3 Å². The Labute approximate surface area is 106 Å². The molecule has 0 saturated heterocycles. The largest absolute Gasteiger partial charge is 0.444 e. The SMILES string of the molecule is CC(F)C(F)(F)c1c(-c2cnco2)ccnc1C#N. The molecule has 2 aromatic heterocycles. The van der Waals surface area contributed by atoms with Gasteiger partial charge in [0.25, 0.3) is 0 Å². The van der Waals surface area contributed by atoms with Crippen LogP contribution in [0.15, 0.2) is 29.3 Å².